The van der Waals surface area contributed by atoms with E-state index in [1.807, 2.05) is 42.5 Å². The lowest BCUT2D eigenvalue weighted by atomic mass is 9.99. The van der Waals surface area contributed by atoms with Gasteiger partial charge in [-0.3, -0.25) is 0 Å². The summed E-state index contributed by atoms with van der Waals surface area (Å²) in [5.74, 6) is 1.01. The van der Waals surface area contributed by atoms with Gasteiger partial charge >= 0.3 is 0 Å². The number of hydrogen-bond acceptors (Lipinski definition) is 2. The van der Waals surface area contributed by atoms with Crippen molar-refractivity contribution in [3.63, 3.8) is 0 Å². The van der Waals surface area contributed by atoms with Gasteiger partial charge in [-0.25, -0.2) is 0 Å². The van der Waals surface area contributed by atoms with Crippen LogP contribution in [-0.4, -0.2) is 5.11 Å². The van der Waals surface area contributed by atoms with E-state index >= 15 is 0 Å². The van der Waals surface area contributed by atoms with E-state index in [0.29, 0.717) is 16.7 Å². The molecule has 1 unspecified atom stereocenters. The fourth-order valence-corrected chi connectivity index (χ4v) is 2.58. The summed E-state index contributed by atoms with van der Waals surface area (Å²) in [7, 11) is 0. The van der Waals surface area contributed by atoms with Gasteiger partial charge in [-0.15, -0.1) is 0 Å². The molecule has 0 spiro atoms. The number of hydrogen-bond donors (Lipinski definition) is 1. The molecule has 1 aromatic heterocycles. The van der Waals surface area contributed by atoms with E-state index in [0.717, 1.165) is 16.5 Å². The van der Waals surface area contributed by atoms with Crippen LogP contribution in [0.1, 0.15) is 42.8 Å². The van der Waals surface area contributed by atoms with Crippen LogP contribution in [0, 0.1) is 0 Å². The smallest absolute Gasteiger partial charge is 0.138 e. The molecule has 2 aromatic carbocycles. The third-order valence-electron chi connectivity index (χ3n) is 3.69. The minimum Gasteiger partial charge on any atom is -0.458 e. The van der Waals surface area contributed by atoms with E-state index in [2.05, 4.69) is 13.8 Å². The maximum absolute atomic E-state index is 10.5. The molecule has 3 aromatic rings. The van der Waals surface area contributed by atoms with E-state index < -0.39 is 6.10 Å². The summed E-state index contributed by atoms with van der Waals surface area (Å²) in [5, 5.41) is 12.0. The minimum atomic E-state index is -0.766. The van der Waals surface area contributed by atoms with Gasteiger partial charge in [0.05, 0.1) is 0 Å². The lowest BCUT2D eigenvalue weighted by Crippen LogP contribution is -1.98. The van der Waals surface area contributed by atoms with Crippen molar-refractivity contribution in [1.82, 2.24) is 0 Å². The second-order valence-electron chi connectivity index (χ2n) is 5.55. The Morgan fingerprint density at radius 3 is 2.29 bits per heavy atom. The van der Waals surface area contributed by atoms with Crippen molar-refractivity contribution >= 4 is 22.6 Å². The number of benzene rings is 2. The maximum atomic E-state index is 10.5. The highest BCUT2D eigenvalue weighted by Crippen LogP contribution is 2.30. The van der Waals surface area contributed by atoms with Crippen LogP contribution in [0.25, 0.3) is 11.0 Å². The zero-order valence-electron chi connectivity index (χ0n) is 12.0. The molecule has 1 heterocycles. The van der Waals surface area contributed by atoms with Gasteiger partial charge in [-0.2, -0.15) is 0 Å². The molecule has 2 nitrogen and oxygen atoms in total. The zero-order chi connectivity index (χ0) is 15.0. The zero-order valence-corrected chi connectivity index (χ0v) is 12.8. The van der Waals surface area contributed by atoms with Crippen LogP contribution in [-0.2, 0) is 0 Å². The molecule has 1 atom stereocenters. The fraction of sp³-hybridized carbons (Fsp3) is 0.222. The predicted molar refractivity (Wildman–Crippen MR) is 85.8 cm³/mol. The largest absolute Gasteiger partial charge is 0.458 e. The Labute approximate surface area is 129 Å². The second kappa shape index (κ2) is 5.55. The first-order valence-electron chi connectivity index (χ1n) is 7.01. The first kappa shape index (κ1) is 14.2. The summed E-state index contributed by atoms with van der Waals surface area (Å²) in [6, 6.07) is 15.2. The standard InChI is InChI=1S/C18H17ClO2/c1-11(2)12-3-5-13(6-4-12)18(20)17-10-14-9-15(19)7-8-16(14)21-17/h3-11,18,20H,1-2H3. The first-order valence-corrected chi connectivity index (χ1v) is 7.39. The Balaban J connectivity index is 1.93. The molecule has 0 fully saturated rings. The van der Waals surface area contributed by atoms with Gasteiger partial charge in [0, 0.05) is 10.4 Å². The summed E-state index contributed by atoms with van der Waals surface area (Å²) in [4.78, 5) is 0. The molecule has 0 aliphatic carbocycles. The summed E-state index contributed by atoms with van der Waals surface area (Å²) in [6.07, 6.45) is -0.766. The number of aliphatic hydroxyl groups is 1. The van der Waals surface area contributed by atoms with Crippen molar-refractivity contribution in [3.8, 4) is 0 Å². The molecule has 0 radical (unpaired) electrons. The summed E-state index contributed by atoms with van der Waals surface area (Å²) in [6.45, 7) is 4.29. The van der Waals surface area contributed by atoms with Gasteiger partial charge < -0.3 is 9.52 Å². The van der Waals surface area contributed by atoms with E-state index in [1.54, 1.807) is 6.07 Å². The van der Waals surface area contributed by atoms with E-state index in [1.165, 1.54) is 5.56 Å². The topological polar surface area (TPSA) is 33.4 Å². The van der Waals surface area contributed by atoms with E-state index in [9.17, 15) is 5.11 Å². The van der Waals surface area contributed by atoms with Crippen molar-refractivity contribution in [2.75, 3.05) is 0 Å². The number of furan rings is 1. The van der Waals surface area contributed by atoms with Gasteiger partial charge in [-0.1, -0.05) is 49.7 Å². The molecule has 0 saturated heterocycles. The van der Waals surface area contributed by atoms with Crippen LogP contribution >= 0.6 is 11.6 Å². The lowest BCUT2D eigenvalue weighted by molar-refractivity contribution is 0.192. The van der Waals surface area contributed by atoms with Crippen LogP contribution in [0.15, 0.2) is 52.9 Å². The first-order chi connectivity index (χ1) is 10.0. The molecule has 0 aliphatic heterocycles. The Hall–Kier alpha value is -1.77. The van der Waals surface area contributed by atoms with Gasteiger partial charge in [0.2, 0.25) is 0 Å². The highest BCUT2D eigenvalue weighted by molar-refractivity contribution is 6.31. The minimum absolute atomic E-state index is 0.476. The molecular weight excluding hydrogens is 284 g/mol. The molecular formula is C18H17ClO2. The third kappa shape index (κ3) is 2.82. The second-order valence-corrected chi connectivity index (χ2v) is 5.99. The van der Waals surface area contributed by atoms with Gasteiger partial charge in [-0.05, 0) is 41.3 Å². The van der Waals surface area contributed by atoms with Crippen molar-refractivity contribution in [2.24, 2.45) is 0 Å². The summed E-state index contributed by atoms with van der Waals surface area (Å²) < 4.78 is 5.71. The van der Waals surface area contributed by atoms with Gasteiger partial charge in [0.1, 0.15) is 17.4 Å². The quantitative estimate of drug-likeness (QED) is 0.713. The van der Waals surface area contributed by atoms with Crippen molar-refractivity contribution in [3.05, 3.63) is 70.4 Å². The van der Waals surface area contributed by atoms with Crippen LogP contribution in [0.3, 0.4) is 0 Å². The molecule has 0 aliphatic rings. The average molecular weight is 301 g/mol. The Morgan fingerprint density at radius 2 is 1.62 bits per heavy atom. The van der Waals surface area contributed by atoms with Crippen LogP contribution in [0.2, 0.25) is 5.02 Å². The van der Waals surface area contributed by atoms with Crippen molar-refractivity contribution in [2.45, 2.75) is 25.9 Å². The molecule has 0 saturated carbocycles. The number of aliphatic hydroxyl groups excluding tert-OH is 1. The SMILES string of the molecule is CC(C)c1ccc(C(O)c2cc3cc(Cl)ccc3o2)cc1. The highest BCUT2D eigenvalue weighted by atomic mass is 35.5. The molecule has 3 rings (SSSR count). The molecule has 3 heteroatoms. The molecule has 0 amide bonds. The fourth-order valence-electron chi connectivity index (χ4n) is 2.40. The Bertz CT molecular complexity index is 756. The van der Waals surface area contributed by atoms with E-state index in [4.69, 9.17) is 16.0 Å². The number of halogens is 1. The summed E-state index contributed by atoms with van der Waals surface area (Å²) in [5.41, 5.74) is 2.80. The van der Waals surface area contributed by atoms with Gasteiger partial charge in [0.15, 0.2) is 0 Å². The number of fused-ring (bicyclic) bond motifs is 1. The Kier molecular flexibility index (Phi) is 3.75. The normalized spacial score (nSPS) is 13.0. The van der Waals surface area contributed by atoms with Crippen molar-refractivity contribution in [1.29, 1.82) is 0 Å². The maximum Gasteiger partial charge on any atom is 0.138 e. The third-order valence-corrected chi connectivity index (χ3v) is 3.92. The van der Waals surface area contributed by atoms with Gasteiger partial charge in [0.25, 0.3) is 0 Å². The van der Waals surface area contributed by atoms with Crippen LogP contribution in [0.4, 0.5) is 0 Å². The molecule has 1 N–H and O–H groups in total. The predicted octanol–water partition coefficient (Wildman–Crippen LogP) is 5.29. The molecule has 0 bridgehead atoms. The monoisotopic (exact) mass is 300 g/mol. The lowest BCUT2D eigenvalue weighted by Gasteiger charge is -2.10. The molecule has 108 valence electrons. The van der Waals surface area contributed by atoms with Crippen LogP contribution in [0.5, 0.6) is 0 Å². The highest BCUT2D eigenvalue weighted by Gasteiger charge is 2.16. The number of rotatable bonds is 3. The van der Waals surface area contributed by atoms with E-state index in [-0.39, 0.29) is 0 Å². The summed E-state index contributed by atoms with van der Waals surface area (Å²) >= 11 is 5.97. The Morgan fingerprint density at radius 1 is 0.952 bits per heavy atom. The van der Waals surface area contributed by atoms with Crippen molar-refractivity contribution < 1.29 is 9.52 Å². The molecule has 21 heavy (non-hydrogen) atoms. The average Bonchev–Trinajstić information content (AvgIpc) is 2.89. The van der Waals surface area contributed by atoms with Crippen LogP contribution < -0.4 is 0 Å².